The Morgan fingerprint density at radius 2 is 2.26 bits per heavy atom. The van der Waals surface area contributed by atoms with Gasteiger partial charge >= 0.3 is 5.97 Å². The minimum atomic E-state index is -0.872. The second-order valence-electron chi connectivity index (χ2n) is 4.04. The van der Waals surface area contributed by atoms with Gasteiger partial charge in [-0.2, -0.15) is 5.10 Å². The first-order valence-electron chi connectivity index (χ1n) is 5.89. The Kier molecular flexibility index (Phi) is 4.20. The molecular weight excluding hydrogens is 266 g/mol. The zero-order chi connectivity index (χ0) is 13.8. The highest BCUT2D eigenvalue weighted by atomic mass is 32.2. The summed E-state index contributed by atoms with van der Waals surface area (Å²) in [6.45, 7) is 2.06. The molecule has 0 saturated carbocycles. The van der Waals surface area contributed by atoms with Crippen molar-refractivity contribution in [3.63, 3.8) is 0 Å². The third-order valence-electron chi connectivity index (χ3n) is 2.45. The van der Waals surface area contributed by atoms with E-state index in [4.69, 9.17) is 5.11 Å². The maximum atomic E-state index is 10.7. The van der Waals surface area contributed by atoms with Crippen LogP contribution in [0.5, 0.6) is 0 Å². The van der Waals surface area contributed by atoms with Crippen LogP contribution in [0, 0.1) is 0 Å². The molecule has 0 aromatic carbocycles. The third-order valence-corrected chi connectivity index (χ3v) is 3.36. The summed E-state index contributed by atoms with van der Waals surface area (Å²) in [6.07, 6.45) is 5.30. The van der Waals surface area contributed by atoms with Gasteiger partial charge in [-0.3, -0.25) is 14.0 Å². The maximum absolute atomic E-state index is 10.7. The number of aliphatic carboxylic acids is 1. The van der Waals surface area contributed by atoms with Gasteiger partial charge in [0.25, 0.3) is 0 Å². The van der Waals surface area contributed by atoms with E-state index in [1.807, 2.05) is 17.8 Å². The number of carbonyl (C=O) groups is 1. The number of nitrogens with zero attached hydrogens (tertiary/aromatic N) is 5. The van der Waals surface area contributed by atoms with Crippen LogP contribution in [-0.4, -0.2) is 41.4 Å². The molecular formula is C11H15N5O2S. The number of hydrogen-bond acceptors (Lipinski definition) is 5. The van der Waals surface area contributed by atoms with Gasteiger partial charge in [-0.25, -0.2) is 0 Å². The lowest BCUT2D eigenvalue weighted by Gasteiger charge is -2.06. The van der Waals surface area contributed by atoms with Crippen molar-refractivity contribution in [3.05, 3.63) is 18.2 Å². The van der Waals surface area contributed by atoms with Gasteiger partial charge in [-0.05, 0) is 6.42 Å². The number of hydrogen-bond donors (Lipinski definition) is 1. The Bertz CT molecular complexity index is 577. The molecule has 0 amide bonds. The predicted octanol–water partition coefficient (Wildman–Crippen LogP) is 1.13. The van der Waals surface area contributed by atoms with Crippen LogP contribution in [0.3, 0.4) is 0 Å². The minimum absolute atomic E-state index is 0.0372. The van der Waals surface area contributed by atoms with Crippen LogP contribution in [0.25, 0.3) is 5.69 Å². The van der Waals surface area contributed by atoms with Crippen LogP contribution < -0.4 is 0 Å². The molecule has 19 heavy (non-hydrogen) atoms. The molecule has 0 bridgehead atoms. The smallest absolute Gasteiger partial charge is 0.313 e. The highest BCUT2D eigenvalue weighted by molar-refractivity contribution is 7.99. The summed E-state index contributed by atoms with van der Waals surface area (Å²) in [5.41, 5.74) is 0.851. The molecule has 0 fully saturated rings. The highest BCUT2D eigenvalue weighted by Crippen LogP contribution is 2.22. The van der Waals surface area contributed by atoms with Crippen molar-refractivity contribution in [2.45, 2.75) is 24.9 Å². The van der Waals surface area contributed by atoms with Crippen molar-refractivity contribution in [2.24, 2.45) is 7.05 Å². The van der Waals surface area contributed by atoms with Crippen molar-refractivity contribution in [3.8, 4) is 5.69 Å². The van der Waals surface area contributed by atoms with E-state index < -0.39 is 5.97 Å². The summed E-state index contributed by atoms with van der Waals surface area (Å²) in [5, 5.41) is 21.7. The quantitative estimate of drug-likeness (QED) is 0.799. The monoisotopic (exact) mass is 281 g/mol. The van der Waals surface area contributed by atoms with Gasteiger partial charge in [0.2, 0.25) is 0 Å². The predicted molar refractivity (Wildman–Crippen MR) is 70.5 cm³/mol. The lowest BCUT2D eigenvalue weighted by atomic mass is 10.3. The van der Waals surface area contributed by atoms with Crippen LogP contribution in [0.1, 0.15) is 19.2 Å². The summed E-state index contributed by atoms with van der Waals surface area (Å²) in [5.74, 6) is -0.0870. The minimum Gasteiger partial charge on any atom is -0.481 e. The van der Waals surface area contributed by atoms with Crippen molar-refractivity contribution >= 4 is 17.7 Å². The summed E-state index contributed by atoms with van der Waals surface area (Å²) in [7, 11) is 1.83. The molecule has 0 unspecified atom stereocenters. The van der Waals surface area contributed by atoms with Gasteiger partial charge in [-0.1, -0.05) is 18.7 Å². The molecule has 0 atom stereocenters. The van der Waals surface area contributed by atoms with Gasteiger partial charge < -0.3 is 5.11 Å². The molecule has 0 saturated heterocycles. The van der Waals surface area contributed by atoms with E-state index in [1.165, 1.54) is 0 Å². The number of carboxylic acids is 1. The van der Waals surface area contributed by atoms with E-state index in [1.54, 1.807) is 10.9 Å². The standard InChI is InChI=1S/C11H15N5O2S/c1-3-4-9-13-14-11(19-7-10(17)18)16(9)8-5-12-15(2)6-8/h5-6H,3-4,7H2,1-2H3,(H,17,18). The number of rotatable bonds is 6. The van der Waals surface area contributed by atoms with Gasteiger partial charge in [0.15, 0.2) is 5.16 Å². The zero-order valence-corrected chi connectivity index (χ0v) is 11.6. The van der Waals surface area contributed by atoms with Crippen LogP contribution >= 0.6 is 11.8 Å². The molecule has 2 aromatic rings. The fraction of sp³-hybridized carbons (Fsp3) is 0.455. The number of aryl methyl sites for hydroxylation is 2. The first-order chi connectivity index (χ1) is 9.11. The first kappa shape index (κ1) is 13.6. The van der Waals surface area contributed by atoms with Crippen molar-refractivity contribution in [1.29, 1.82) is 0 Å². The van der Waals surface area contributed by atoms with E-state index in [2.05, 4.69) is 22.2 Å². The average Bonchev–Trinajstić information content (AvgIpc) is 2.93. The normalized spacial score (nSPS) is 10.8. The van der Waals surface area contributed by atoms with Crippen LogP contribution in [-0.2, 0) is 18.3 Å². The average molecular weight is 281 g/mol. The van der Waals surface area contributed by atoms with Crippen LogP contribution in [0.2, 0.25) is 0 Å². The highest BCUT2D eigenvalue weighted by Gasteiger charge is 2.15. The Morgan fingerprint density at radius 3 is 2.84 bits per heavy atom. The molecule has 0 aliphatic heterocycles. The van der Waals surface area contributed by atoms with Gasteiger partial charge in [0, 0.05) is 19.7 Å². The maximum Gasteiger partial charge on any atom is 0.313 e. The molecule has 1 N–H and O–H groups in total. The van der Waals surface area contributed by atoms with Crippen LogP contribution in [0.15, 0.2) is 17.6 Å². The molecule has 0 aliphatic carbocycles. The Balaban J connectivity index is 2.35. The largest absolute Gasteiger partial charge is 0.481 e. The Labute approximate surface area is 114 Å². The van der Waals surface area contributed by atoms with Crippen molar-refractivity contribution in [1.82, 2.24) is 24.5 Å². The Hall–Kier alpha value is -1.83. The van der Waals surface area contributed by atoms with Gasteiger partial charge in [0.05, 0.1) is 17.6 Å². The molecule has 2 heterocycles. The Morgan fingerprint density at radius 1 is 1.47 bits per heavy atom. The molecule has 8 heteroatoms. The lowest BCUT2D eigenvalue weighted by Crippen LogP contribution is -2.04. The lowest BCUT2D eigenvalue weighted by molar-refractivity contribution is -0.133. The summed E-state index contributed by atoms with van der Waals surface area (Å²) in [4.78, 5) is 10.7. The number of thioether (sulfide) groups is 1. The van der Waals surface area contributed by atoms with E-state index in [9.17, 15) is 4.79 Å². The van der Waals surface area contributed by atoms with E-state index in [-0.39, 0.29) is 5.75 Å². The SMILES string of the molecule is CCCc1nnc(SCC(=O)O)n1-c1cnn(C)c1. The molecule has 102 valence electrons. The molecule has 2 rings (SSSR count). The molecule has 0 spiro atoms. The summed E-state index contributed by atoms with van der Waals surface area (Å²) in [6, 6.07) is 0. The summed E-state index contributed by atoms with van der Waals surface area (Å²) < 4.78 is 3.56. The van der Waals surface area contributed by atoms with E-state index in [0.717, 1.165) is 36.1 Å². The van der Waals surface area contributed by atoms with E-state index >= 15 is 0 Å². The molecule has 2 aromatic heterocycles. The first-order valence-corrected chi connectivity index (χ1v) is 6.88. The number of carboxylic acid groups (broad SMARTS) is 1. The molecule has 7 nitrogen and oxygen atoms in total. The summed E-state index contributed by atoms with van der Waals surface area (Å²) >= 11 is 1.16. The third kappa shape index (κ3) is 3.14. The van der Waals surface area contributed by atoms with Crippen LogP contribution in [0.4, 0.5) is 0 Å². The van der Waals surface area contributed by atoms with Gasteiger partial charge in [-0.15, -0.1) is 10.2 Å². The topological polar surface area (TPSA) is 85.8 Å². The second-order valence-corrected chi connectivity index (χ2v) is 4.98. The van der Waals surface area contributed by atoms with Crippen molar-refractivity contribution in [2.75, 3.05) is 5.75 Å². The zero-order valence-electron chi connectivity index (χ0n) is 10.8. The fourth-order valence-corrected chi connectivity index (χ4v) is 2.38. The second kappa shape index (κ2) is 5.87. The molecule has 0 aliphatic rings. The van der Waals surface area contributed by atoms with Crippen molar-refractivity contribution < 1.29 is 9.90 Å². The van der Waals surface area contributed by atoms with E-state index in [0.29, 0.717) is 5.16 Å². The molecule has 0 radical (unpaired) electrons. The fourth-order valence-electron chi connectivity index (χ4n) is 1.69. The number of aromatic nitrogens is 5. The van der Waals surface area contributed by atoms with Gasteiger partial charge in [0.1, 0.15) is 5.82 Å².